The van der Waals surface area contributed by atoms with Gasteiger partial charge in [0, 0.05) is 32.5 Å². The summed E-state index contributed by atoms with van der Waals surface area (Å²) >= 11 is 0. The second-order valence-electron chi connectivity index (χ2n) is 4.60. The Morgan fingerprint density at radius 1 is 0.895 bits per heavy atom. The van der Waals surface area contributed by atoms with Crippen LogP contribution in [0.1, 0.15) is 44.9 Å². The van der Waals surface area contributed by atoms with Crippen LogP contribution in [0.4, 0.5) is 0 Å². The molecular weight excluding hydrogens is 242 g/mol. The highest BCUT2D eigenvalue weighted by molar-refractivity contribution is 4.89. The molecule has 0 saturated carbocycles. The van der Waals surface area contributed by atoms with E-state index in [0.29, 0.717) is 58.2 Å². The fraction of sp³-hybridized carbons (Fsp3) is 0.786. The molecule has 5 nitrogen and oxygen atoms in total. The lowest BCUT2D eigenvalue weighted by molar-refractivity contribution is 0.0232. The highest BCUT2D eigenvalue weighted by Crippen LogP contribution is 2.35. The molecule has 0 saturated heterocycles. The molecule has 0 unspecified atom stereocenters. The average molecular weight is 263 g/mol. The predicted molar refractivity (Wildman–Crippen MR) is 69.5 cm³/mol. The first-order chi connectivity index (χ1) is 9.24. The number of aliphatic hydroxyl groups is 1. The van der Waals surface area contributed by atoms with Crippen LogP contribution in [-0.2, 0) is 4.74 Å². The molecule has 0 radical (unpaired) electrons. The van der Waals surface area contributed by atoms with E-state index in [4.69, 9.17) is 25.6 Å². The first-order valence-corrected chi connectivity index (χ1v) is 6.54. The van der Waals surface area contributed by atoms with Crippen LogP contribution < -0.4 is 0 Å². The Bertz CT molecular complexity index is 304. The van der Waals surface area contributed by atoms with Crippen molar-refractivity contribution < 1.29 is 9.84 Å². The summed E-state index contributed by atoms with van der Waals surface area (Å²) in [6.45, 7) is 0.990. The maximum atomic E-state index is 8.74. The van der Waals surface area contributed by atoms with Gasteiger partial charge in [-0.3, -0.25) is 0 Å². The monoisotopic (exact) mass is 263 g/mol. The van der Waals surface area contributed by atoms with Gasteiger partial charge in [-0.25, -0.2) is 0 Å². The molecule has 0 atom stereocenters. The normalized spacial score (nSPS) is 10.4. The zero-order chi connectivity index (χ0) is 14.4. The summed E-state index contributed by atoms with van der Waals surface area (Å²) in [4.78, 5) is 0. The minimum Gasteiger partial charge on any atom is -0.396 e. The average Bonchev–Trinajstić information content (AvgIpc) is 2.44. The lowest BCUT2D eigenvalue weighted by Gasteiger charge is -2.32. The van der Waals surface area contributed by atoms with E-state index in [2.05, 4.69) is 18.2 Å². The molecule has 0 amide bonds. The van der Waals surface area contributed by atoms with Gasteiger partial charge in [-0.1, -0.05) is 0 Å². The first-order valence-electron chi connectivity index (χ1n) is 6.54. The Labute approximate surface area is 115 Å². The van der Waals surface area contributed by atoms with Crippen LogP contribution in [0.5, 0.6) is 0 Å². The Kier molecular flexibility index (Phi) is 10.5. The summed E-state index contributed by atoms with van der Waals surface area (Å²) in [7, 11) is 0. The quantitative estimate of drug-likeness (QED) is 0.576. The summed E-state index contributed by atoms with van der Waals surface area (Å²) in [5.74, 6) is 0. The van der Waals surface area contributed by atoms with Crippen molar-refractivity contribution in [1.82, 2.24) is 0 Å². The van der Waals surface area contributed by atoms with E-state index in [-0.39, 0.29) is 12.0 Å². The smallest absolute Gasteiger partial charge is 0.0621 e. The molecule has 0 heterocycles. The first kappa shape index (κ1) is 17.4. The number of hydrogen-bond donors (Lipinski definition) is 1. The minimum absolute atomic E-state index is 0.0849. The Balaban J connectivity index is 4.54. The van der Waals surface area contributed by atoms with Gasteiger partial charge in [-0.05, 0) is 31.1 Å². The summed E-state index contributed by atoms with van der Waals surface area (Å²) in [6.07, 6.45) is 3.72. The van der Waals surface area contributed by atoms with Crippen molar-refractivity contribution in [2.75, 3.05) is 19.8 Å². The van der Waals surface area contributed by atoms with E-state index < -0.39 is 0 Å². The van der Waals surface area contributed by atoms with Crippen molar-refractivity contribution in [1.29, 1.82) is 15.8 Å². The molecule has 0 rings (SSSR count). The molecule has 0 bridgehead atoms. The molecule has 0 aliphatic heterocycles. The van der Waals surface area contributed by atoms with Crippen LogP contribution in [0.2, 0.25) is 0 Å². The van der Waals surface area contributed by atoms with Crippen molar-refractivity contribution in [3.05, 3.63) is 0 Å². The van der Waals surface area contributed by atoms with Gasteiger partial charge in [0.2, 0.25) is 0 Å². The molecule has 0 aromatic carbocycles. The minimum atomic E-state index is -0.267. The molecule has 0 spiro atoms. The van der Waals surface area contributed by atoms with Crippen LogP contribution in [0, 0.1) is 39.4 Å². The highest BCUT2D eigenvalue weighted by Gasteiger charge is 2.29. The molecular formula is C14H21N3O2. The zero-order valence-electron chi connectivity index (χ0n) is 11.3. The van der Waals surface area contributed by atoms with E-state index in [1.165, 1.54) is 0 Å². The van der Waals surface area contributed by atoms with Gasteiger partial charge in [0.15, 0.2) is 0 Å². The molecule has 0 fully saturated rings. The number of nitrogens with zero attached hydrogens (tertiary/aromatic N) is 3. The number of nitriles is 3. The van der Waals surface area contributed by atoms with Crippen LogP contribution in [-0.4, -0.2) is 24.9 Å². The summed E-state index contributed by atoms with van der Waals surface area (Å²) in [5.41, 5.74) is -0.267. The third-order valence-corrected chi connectivity index (χ3v) is 3.16. The van der Waals surface area contributed by atoms with Gasteiger partial charge in [0.05, 0.1) is 24.8 Å². The molecule has 19 heavy (non-hydrogen) atoms. The number of aliphatic hydroxyl groups excluding tert-OH is 1. The standard InChI is InChI=1S/C14H21N3O2/c15-8-1-5-14(6-2-9-16,7-3-10-17)13-19-12-4-11-18/h18H,1-7,11-13H2. The largest absolute Gasteiger partial charge is 0.396 e. The van der Waals surface area contributed by atoms with Gasteiger partial charge in [0.25, 0.3) is 0 Å². The summed E-state index contributed by atoms with van der Waals surface area (Å²) < 4.78 is 5.54. The molecule has 5 heteroatoms. The molecule has 0 aromatic rings. The van der Waals surface area contributed by atoms with E-state index >= 15 is 0 Å². The lowest BCUT2D eigenvalue weighted by Crippen LogP contribution is -2.27. The van der Waals surface area contributed by atoms with Gasteiger partial charge in [-0.15, -0.1) is 0 Å². The van der Waals surface area contributed by atoms with Crippen LogP contribution >= 0.6 is 0 Å². The van der Waals surface area contributed by atoms with Crippen molar-refractivity contribution in [2.24, 2.45) is 5.41 Å². The number of ether oxygens (including phenoxy) is 1. The van der Waals surface area contributed by atoms with Crippen LogP contribution in [0.15, 0.2) is 0 Å². The summed E-state index contributed by atoms with van der Waals surface area (Å²) in [5, 5.41) is 34.9. The number of hydrogen-bond acceptors (Lipinski definition) is 5. The van der Waals surface area contributed by atoms with Crippen molar-refractivity contribution >= 4 is 0 Å². The SMILES string of the molecule is N#CCCC(CCC#N)(CCC#N)COCCCO. The fourth-order valence-electron chi connectivity index (χ4n) is 2.01. The topological polar surface area (TPSA) is 101 Å². The summed E-state index contributed by atoms with van der Waals surface area (Å²) in [6, 6.07) is 6.35. The Morgan fingerprint density at radius 2 is 1.37 bits per heavy atom. The third-order valence-electron chi connectivity index (χ3n) is 3.16. The van der Waals surface area contributed by atoms with E-state index in [1.807, 2.05) is 0 Å². The van der Waals surface area contributed by atoms with Crippen molar-refractivity contribution in [3.8, 4) is 18.2 Å². The Hall–Kier alpha value is -1.61. The fourth-order valence-corrected chi connectivity index (χ4v) is 2.01. The van der Waals surface area contributed by atoms with Crippen LogP contribution in [0.25, 0.3) is 0 Å². The molecule has 104 valence electrons. The predicted octanol–water partition coefficient (Wildman–Crippen LogP) is 2.28. The zero-order valence-corrected chi connectivity index (χ0v) is 11.3. The van der Waals surface area contributed by atoms with Crippen molar-refractivity contribution in [3.63, 3.8) is 0 Å². The maximum absolute atomic E-state index is 8.74. The van der Waals surface area contributed by atoms with E-state index in [0.717, 1.165) is 0 Å². The second-order valence-corrected chi connectivity index (χ2v) is 4.60. The molecule has 0 aromatic heterocycles. The maximum Gasteiger partial charge on any atom is 0.0621 e. The van der Waals surface area contributed by atoms with E-state index in [1.54, 1.807) is 0 Å². The third kappa shape index (κ3) is 8.16. The van der Waals surface area contributed by atoms with Gasteiger partial charge >= 0.3 is 0 Å². The van der Waals surface area contributed by atoms with Crippen molar-refractivity contribution in [2.45, 2.75) is 44.9 Å². The van der Waals surface area contributed by atoms with E-state index in [9.17, 15) is 0 Å². The number of rotatable bonds is 11. The van der Waals surface area contributed by atoms with Gasteiger partial charge in [-0.2, -0.15) is 15.8 Å². The Morgan fingerprint density at radius 3 is 1.74 bits per heavy atom. The van der Waals surface area contributed by atoms with Gasteiger partial charge in [0.1, 0.15) is 0 Å². The molecule has 1 N–H and O–H groups in total. The van der Waals surface area contributed by atoms with Crippen LogP contribution in [0.3, 0.4) is 0 Å². The van der Waals surface area contributed by atoms with Gasteiger partial charge < -0.3 is 9.84 Å². The molecule has 0 aliphatic carbocycles. The molecule has 0 aliphatic rings. The highest BCUT2D eigenvalue weighted by atomic mass is 16.5. The lowest BCUT2D eigenvalue weighted by atomic mass is 9.76. The second kappa shape index (κ2) is 11.5.